The van der Waals surface area contributed by atoms with Crippen LogP contribution in [0.25, 0.3) is 0 Å². The van der Waals surface area contributed by atoms with Crippen molar-refractivity contribution in [3.63, 3.8) is 0 Å². The van der Waals surface area contributed by atoms with Crippen molar-refractivity contribution in [3.8, 4) is 0 Å². The van der Waals surface area contributed by atoms with Gasteiger partial charge < -0.3 is 24.8 Å². The summed E-state index contributed by atoms with van der Waals surface area (Å²) < 4.78 is 16.2. The molecule has 2 rings (SSSR count). The molecule has 0 aliphatic carbocycles. The standard InChI is InChI=1S/C15H23N3O4/c1-20-9-7-17-15(19)18-13-11-21-8-5-14(13)22-10-12-4-2-3-6-16-12/h2-4,6,13-14H,5,7-11H2,1H3,(H2,17,18,19)/t13-,14-/m1/s1. The highest BCUT2D eigenvalue weighted by molar-refractivity contribution is 5.74. The van der Waals surface area contributed by atoms with Crippen LogP contribution in [0.1, 0.15) is 12.1 Å². The zero-order chi connectivity index (χ0) is 15.6. The molecule has 2 atom stereocenters. The lowest BCUT2D eigenvalue weighted by atomic mass is 10.1. The Hall–Kier alpha value is -1.70. The molecule has 1 aliphatic heterocycles. The normalized spacial score (nSPS) is 21.3. The highest BCUT2D eigenvalue weighted by atomic mass is 16.5. The average Bonchev–Trinajstić information content (AvgIpc) is 2.55. The van der Waals surface area contributed by atoms with Crippen molar-refractivity contribution >= 4 is 6.03 Å². The number of nitrogens with one attached hydrogen (secondary N) is 2. The van der Waals surface area contributed by atoms with E-state index in [1.54, 1.807) is 13.3 Å². The van der Waals surface area contributed by atoms with E-state index < -0.39 is 0 Å². The van der Waals surface area contributed by atoms with Gasteiger partial charge in [0.1, 0.15) is 0 Å². The van der Waals surface area contributed by atoms with Crippen molar-refractivity contribution in [1.29, 1.82) is 0 Å². The molecule has 2 heterocycles. The Labute approximate surface area is 130 Å². The molecule has 2 N–H and O–H groups in total. The smallest absolute Gasteiger partial charge is 0.315 e. The molecular weight excluding hydrogens is 286 g/mol. The Balaban J connectivity index is 1.79. The molecule has 1 fully saturated rings. The van der Waals surface area contributed by atoms with Crippen LogP contribution in [0.3, 0.4) is 0 Å². The van der Waals surface area contributed by atoms with E-state index in [2.05, 4.69) is 15.6 Å². The van der Waals surface area contributed by atoms with Crippen LogP contribution in [0, 0.1) is 0 Å². The van der Waals surface area contributed by atoms with Crippen LogP contribution in [0.2, 0.25) is 0 Å². The number of pyridine rings is 1. The second kappa shape index (κ2) is 9.34. The minimum atomic E-state index is -0.237. The van der Waals surface area contributed by atoms with Gasteiger partial charge in [-0.3, -0.25) is 4.98 Å². The van der Waals surface area contributed by atoms with E-state index >= 15 is 0 Å². The molecule has 1 aliphatic rings. The van der Waals surface area contributed by atoms with Crippen LogP contribution >= 0.6 is 0 Å². The third-order valence-corrected chi connectivity index (χ3v) is 3.37. The van der Waals surface area contributed by atoms with E-state index in [1.807, 2.05) is 18.2 Å². The zero-order valence-electron chi connectivity index (χ0n) is 12.8. The van der Waals surface area contributed by atoms with E-state index in [0.29, 0.717) is 33.0 Å². The van der Waals surface area contributed by atoms with Gasteiger partial charge in [-0.25, -0.2) is 4.79 Å². The molecule has 0 bridgehead atoms. The first-order chi connectivity index (χ1) is 10.8. The van der Waals surface area contributed by atoms with Gasteiger partial charge in [-0.1, -0.05) is 6.07 Å². The predicted molar refractivity (Wildman–Crippen MR) is 80.4 cm³/mol. The average molecular weight is 309 g/mol. The van der Waals surface area contributed by atoms with Gasteiger partial charge in [0.15, 0.2) is 0 Å². The molecule has 122 valence electrons. The maximum Gasteiger partial charge on any atom is 0.315 e. The van der Waals surface area contributed by atoms with Crippen molar-refractivity contribution in [1.82, 2.24) is 15.6 Å². The second-order valence-electron chi connectivity index (χ2n) is 5.03. The lowest BCUT2D eigenvalue weighted by molar-refractivity contribution is -0.0603. The van der Waals surface area contributed by atoms with Gasteiger partial charge in [0.2, 0.25) is 0 Å². The summed E-state index contributed by atoms with van der Waals surface area (Å²) in [6, 6.07) is 5.31. The molecule has 0 saturated carbocycles. The molecule has 1 aromatic rings. The molecule has 7 nitrogen and oxygen atoms in total. The molecule has 0 aromatic carbocycles. The fourth-order valence-electron chi connectivity index (χ4n) is 2.21. The second-order valence-corrected chi connectivity index (χ2v) is 5.03. The highest BCUT2D eigenvalue weighted by Crippen LogP contribution is 2.13. The van der Waals surface area contributed by atoms with Crippen LogP contribution in [0.5, 0.6) is 0 Å². The summed E-state index contributed by atoms with van der Waals surface area (Å²) in [6.07, 6.45) is 2.40. The number of aromatic nitrogens is 1. The summed E-state index contributed by atoms with van der Waals surface area (Å²) in [5, 5.41) is 5.61. The Morgan fingerprint density at radius 1 is 1.50 bits per heavy atom. The quantitative estimate of drug-likeness (QED) is 0.725. The number of rotatable bonds is 7. The number of nitrogens with zero attached hydrogens (tertiary/aromatic N) is 1. The van der Waals surface area contributed by atoms with Crippen molar-refractivity contribution in [2.24, 2.45) is 0 Å². The lowest BCUT2D eigenvalue weighted by Gasteiger charge is -2.32. The number of ether oxygens (including phenoxy) is 3. The van der Waals surface area contributed by atoms with E-state index in [9.17, 15) is 4.79 Å². The topological polar surface area (TPSA) is 81.7 Å². The summed E-state index contributed by atoms with van der Waals surface area (Å²) >= 11 is 0. The van der Waals surface area contributed by atoms with Gasteiger partial charge in [-0.2, -0.15) is 0 Å². The number of carbonyl (C=O) groups is 1. The molecule has 22 heavy (non-hydrogen) atoms. The molecule has 1 aromatic heterocycles. The number of hydrogen-bond acceptors (Lipinski definition) is 5. The van der Waals surface area contributed by atoms with Crippen molar-refractivity contribution in [2.45, 2.75) is 25.2 Å². The van der Waals surface area contributed by atoms with Crippen molar-refractivity contribution in [3.05, 3.63) is 30.1 Å². The Morgan fingerprint density at radius 2 is 2.41 bits per heavy atom. The van der Waals surface area contributed by atoms with E-state index in [0.717, 1.165) is 12.1 Å². The molecule has 0 spiro atoms. The molecule has 2 amide bonds. The predicted octanol–water partition coefficient (Wildman–Crippen LogP) is 0.701. The largest absolute Gasteiger partial charge is 0.383 e. The maximum absolute atomic E-state index is 11.8. The van der Waals surface area contributed by atoms with Gasteiger partial charge in [-0.15, -0.1) is 0 Å². The van der Waals surface area contributed by atoms with E-state index in [4.69, 9.17) is 14.2 Å². The number of urea groups is 1. The first-order valence-corrected chi connectivity index (χ1v) is 7.42. The summed E-state index contributed by atoms with van der Waals surface area (Å²) in [7, 11) is 1.59. The van der Waals surface area contributed by atoms with Crippen molar-refractivity contribution < 1.29 is 19.0 Å². The fourth-order valence-corrected chi connectivity index (χ4v) is 2.21. The van der Waals surface area contributed by atoms with Gasteiger partial charge in [0, 0.05) is 26.5 Å². The highest BCUT2D eigenvalue weighted by Gasteiger charge is 2.28. The van der Waals surface area contributed by atoms with Crippen molar-refractivity contribution in [2.75, 3.05) is 33.5 Å². The maximum atomic E-state index is 11.8. The van der Waals surface area contributed by atoms with E-state index in [-0.39, 0.29) is 18.2 Å². The number of amides is 2. The van der Waals surface area contributed by atoms with Crippen LogP contribution in [0.4, 0.5) is 4.79 Å². The first-order valence-electron chi connectivity index (χ1n) is 7.42. The van der Waals surface area contributed by atoms with Gasteiger partial charge in [0.05, 0.1) is 37.7 Å². The Bertz CT molecular complexity index is 444. The van der Waals surface area contributed by atoms with Gasteiger partial charge in [-0.05, 0) is 18.6 Å². The van der Waals surface area contributed by atoms with Crippen LogP contribution in [0.15, 0.2) is 24.4 Å². The van der Waals surface area contributed by atoms with Crippen LogP contribution in [-0.2, 0) is 20.8 Å². The summed E-state index contributed by atoms with van der Waals surface area (Å²) in [6.45, 7) is 2.46. The summed E-state index contributed by atoms with van der Waals surface area (Å²) in [4.78, 5) is 16.0. The molecule has 1 saturated heterocycles. The number of carbonyl (C=O) groups excluding carboxylic acids is 1. The van der Waals surface area contributed by atoms with Gasteiger partial charge in [0.25, 0.3) is 0 Å². The molecular formula is C15H23N3O4. The Kier molecular flexibility index (Phi) is 7.08. The lowest BCUT2D eigenvalue weighted by Crippen LogP contribution is -2.53. The molecule has 0 radical (unpaired) electrons. The third-order valence-electron chi connectivity index (χ3n) is 3.37. The third kappa shape index (κ3) is 5.59. The minimum absolute atomic E-state index is 0.0797. The molecule has 7 heteroatoms. The van der Waals surface area contributed by atoms with Gasteiger partial charge >= 0.3 is 6.03 Å². The SMILES string of the molecule is COCCNC(=O)N[C@@H]1COCC[C@H]1OCc1ccccn1. The molecule has 0 unspecified atom stereocenters. The summed E-state index contributed by atoms with van der Waals surface area (Å²) in [5.41, 5.74) is 0.872. The van der Waals surface area contributed by atoms with Crippen LogP contribution < -0.4 is 10.6 Å². The monoisotopic (exact) mass is 309 g/mol. The summed E-state index contributed by atoms with van der Waals surface area (Å²) in [5.74, 6) is 0. The number of hydrogen-bond donors (Lipinski definition) is 2. The number of methoxy groups -OCH3 is 1. The van der Waals surface area contributed by atoms with Crippen LogP contribution in [-0.4, -0.2) is 56.6 Å². The zero-order valence-corrected chi connectivity index (χ0v) is 12.8. The Morgan fingerprint density at radius 3 is 3.18 bits per heavy atom. The fraction of sp³-hybridized carbons (Fsp3) is 0.600. The first kappa shape index (κ1) is 16.7. The van der Waals surface area contributed by atoms with E-state index in [1.165, 1.54) is 0 Å². The minimum Gasteiger partial charge on any atom is -0.383 e.